The molecule has 0 saturated carbocycles. The topological polar surface area (TPSA) is 81.4 Å². The zero-order valence-corrected chi connectivity index (χ0v) is 18.4. The molecule has 30 heavy (non-hydrogen) atoms. The van der Waals surface area contributed by atoms with Gasteiger partial charge in [-0.25, -0.2) is 14.4 Å². The van der Waals surface area contributed by atoms with Gasteiger partial charge in [-0.2, -0.15) is 0 Å². The van der Waals surface area contributed by atoms with E-state index in [0.29, 0.717) is 20.3 Å². The second kappa shape index (κ2) is 8.38. The van der Waals surface area contributed by atoms with Crippen molar-refractivity contribution in [3.05, 3.63) is 54.5 Å². The molecule has 0 unspecified atom stereocenters. The van der Waals surface area contributed by atoms with Crippen LogP contribution < -0.4 is 10.1 Å². The van der Waals surface area contributed by atoms with Gasteiger partial charge in [0.15, 0.2) is 0 Å². The highest BCUT2D eigenvalue weighted by atomic mass is 32.1. The number of nitrogens with zero attached hydrogens (tertiary/aromatic N) is 4. The summed E-state index contributed by atoms with van der Waals surface area (Å²) < 4.78 is 20.7. The van der Waals surface area contributed by atoms with E-state index in [1.54, 1.807) is 16.8 Å². The molecule has 1 N–H and O–H groups in total. The Balaban J connectivity index is 1.71. The standard InChI is InChI=1S/C18H12FN5O2S4/c19-8-3-9(6-20-5-8)26-10-4-11(16-21-1-2-24(16)7-10)17(25)22-15-13(28)12(27)14(29)18(30)23-15/h1-7,28-29H,(H3,22,23,25,27,30). The normalized spacial score (nSPS) is 11.0. The number of thiol groups is 4. The van der Waals surface area contributed by atoms with Crippen molar-refractivity contribution in [1.82, 2.24) is 19.4 Å². The van der Waals surface area contributed by atoms with Gasteiger partial charge in [0.25, 0.3) is 5.91 Å². The molecule has 7 nitrogen and oxygen atoms in total. The predicted molar refractivity (Wildman–Crippen MR) is 121 cm³/mol. The molecule has 0 aromatic carbocycles. The number of pyridine rings is 3. The zero-order valence-electron chi connectivity index (χ0n) is 14.8. The number of anilines is 1. The Morgan fingerprint density at radius 3 is 2.63 bits per heavy atom. The van der Waals surface area contributed by atoms with Crippen LogP contribution in [0, 0.1) is 5.82 Å². The number of carbonyl (C=O) groups is 1. The van der Waals surface area contributed by atoms with Crippen LogP contribution in [-0.2, 0) is 0 Å². The van der Waals surface area contributed by atoms with Crippen molar-refractivity contribution in [2.24, 2.45) is 0 Å². The predicted octanol–water partition coefficient (Wildman–Crippen LogP) is 4.46. The maximum atomic E-state index is 13.4. The highest BCUT2D eigenvalue weighted by Crippen LogP contribution is 2.34. The number of hydrogen-bond acceptors (Lipinski definition) is 9. The summed E-state index contributed by atoms with van der Waals surface area (Å²) in [5, 5.41) is 2.97. The summed E-state index contributed by atoms with van der Waals surface area (Å²) in [6.45, 7) is 0. The SMILES string of the molecule is O=C(Nc1nc(S)c(S)c(S)c1S)c1cc(Oc2cncc(F)c2)cn2ccnc12. The van der Waals surface area contributed by atoms with Gasteiger partial charge in [0.1, 0.15) is 33.8 Å². The first kappa shape index (κ1) is 20.8. The molecule has 0 saturated heterocycles. The Labute approximate surface area is 191 Å². The van der Waals surface area contributed by atoms with Crippen LogP contribution in [0.25, 0.3) is 5.65 Å². The lowest BCUT2D eigenvalue weighted by molar-refractivity contribution is 0.102. The van der Waals surface area contributed by atoms with Crippen molar-refractivity contribution in [2.45, 2.75) is 19.7 Å². The van der Waals surface area contributed by atoms with Crippen LogP contribution in [0.3, 0.4) is 0 Å². The molecule has 0 bridgehead atoms. The van der Waals surface area contributed by atoms with E-state index in [9.17, 15) is 9.18 Å². The van der Waals surface area contributed by atoms with E-state index < -0.39 is 11.7 Å². The van der Waals surface area contributed by atoms with Gasteiger partial charge in [0.2, 0.25) is 0 Å². The summed E-state index contributed by atoms with van der Waals surface area (Å²) in [6, 6.07) is 2.67. The average Bonchev–Trinajstić information content (AvgIpc) is 3.18. The molecule has 4 rings (SSSR count). The van der Waals surface area contributed by atoms with Crippen molar-refractivity contribution in [1.29, 1.82) is 0 Å². The van der Waals surface area contributed by atoms with Gasteiger partial charge < -0.3 is 14.5 Å². The van der Waals surface area contributed by atoms with Gasteiger partial charge in [-0.15, -0.1) is 50.5 Å². The highest BCUT2D eigenvalue weighted by Gasteiger charge is 2.19. The molecule has 0 spiro atoms. The maximum absolute atomic E-state index is 13.4. The summed E-state index contributed by atoms with van der Waals surface area (Å²) in [5.41, 5.74) is 0.591. The van der Waals surface area contributed by atoms with Crippen LogP contribution in [-0.4, -0.2) is 25.3 Å². The van der Waals surface area contributed by atoms with E-state index in [1.807, 2.05) is 0 Å². The Kier molecular flexibility index (Phi) is 5.82. The third kappa shape index (κ3) is 4.08. The summed E-state index contributed by atoms with van der Waals surface area (Å²) in [4.78, 5) is 26.4. The summed E-state index contributed by atoms with van der Waals surface area (Å²) in [5.74, 6) is -0.415. The Morgan fingerprint density at radius 1 is 1.07 bits per heavy atom. The number of carbonyl (C=O) groups excluding carboxylic acids is 1. The van der Waals surface area contributed by atoms with E-state index >= 15 is 0 Å². The van der Waals surface area contributed by atoms with Gasteiger partial charge in [0, 0.05) is 23.4 Å². The average molecular weight is 478 g/mol. The summed E-state index contributed by atoms with van der Waals surface area (Å²) >= 11 is 17.2. The fourth-order valence-corrected chi connectivity index (χ4v) is 3.60. The second-order valence-electron chi connectivity index (χ2n) is 5.97. The van der Waals surface area contributed by atoms with E-state index in [0.717, 1.165) is 6.20 Å². The molecule has 152 valence electrons. The van der Waals surface area contributed by atoms with Crippen molar-refractivity contribution >= 4 is 67.9 Å². The van der Waals surface area contributed by atoms with Gasteiger partial charge in [-0.05, 0) is 6.07 Å². The van der Waals surface area contributed by atoms with Crippen molar-refractivity contribution in [3.63, 3.8) is 0 Å². The van der Waals surface area contributed by atoms with E-state index in [-0.39, 0.29) is 27.9 Å². The van der Waals surface area contributed by atoms with Crippen molar-refractivity contribution in [3.8, 4) is 11.5 Å². The quantitative estimate of drug-likeness (QED) is 0.281. The fourth-order valence-electron chi connectivity index (χ4n) is 2.62. The first-order valence-electron chi connectivity index (χ1n) is 8.24. The summed E-state index contributed by atoms with van der Waals surface area (Å²) in [6.07, 6.45) is 7.22. The largest absolute Gasteiger partial charge is 0.454 e. The number of halogens is 1. The third-order valence-electron chi connectivity index (χ3n) is 3.96. The number of aromatic nitrogens is 4. The van der Waals surface area contributed by atoms with Gasteiger partial charge >= 0.3 is 0 Å². The molecule has 0 aliphatic carbocycles. The van der Waals surface area contributed by atoms with E-state index in [1.165, 1.54) is 24.5 Å². The molecule has 0 aliphatic heterocycles. The Hall–Kier alpha value is -2.41. The number of fused-ring (bicyclic) bond motifs is 1. The molecule has 0 aliphatic rings. The van der Waals surface area contributed by atoms with E-state index in [4.69, 9.17) is 4.74 Å². The number of hydrogen-bond donors (Lipinski definition) is 5. The lowest BCUT2D eigenvalue weighted by Gasteiger charge is -2.13. The van der Waals surface area contributed by atoms with Crippen LogP contribution in [0.2, 0.25) is 0 Å². The molecule has 4 aromatic heterocycles. The zero-order chi connectivity index (χ0) is 21.4. The fraction of sp³-hybridized carbons (Fsp3) is 0. The Morgan fingerprint density at radius 2 is 1.87 bits per heavy atom. The smallest absolute Gasteiger partial charge is 0.260 e. The van der Waals surface area contributed by atoms with Gasteiger partial charge in [-0.1, -0.05) is 0 Å². The second-order valence-corrected chi connectivity index (χ2v) is 7.74. The monoisotopic (exact) mass is 477 g/mol. The van der Waals surface area contributed by atoms with Crippen molar-refractivity contribution < 1.29 is 13.9 Å². The third-order valence-corrected chi connectivity index (χ3v) is 6.13. The lowest BCUT2D eigenvalue weighted by Crippen LogP contribution is -2.15. The van der Waals surface area contributed by atoms with Crippen LogP contribution in [0.1, 0.15) is 10.4 Å². The highest BCUT2D eigenvalue weighted by molar-refractivity contribution is 7.86. The van der Waals surface area contributed by atoms with E-state index in [2.05, 4.69) is 70.8 Å². The molecule has 12 heteroatoms. The lowest BCUT2D eigenvalue weighted by atomic mass is 10.2. The summed E-state index contributed by atoms with van der Waals surface area (Å²) in [7, 11) is 0. The van der Waals surface area contributed by atoms with Crippen molar-refractivity contribution in [2.75, 3.05) is 5.32 Å². The molecule has 0 radical (unpaired) electrons. The molecule has 4 aromatic rings. The Bertz CT molecular complexity index is 1300. The molecule has 1 amide bonds. The number of nitrogens with one attached hydrogen (secondary N) is 1. The minimum absolute atomic E-state index is 0.168. The first-order chi connectivity index (χ1) is 14.3. The van der Waals surface area contributed by atoms with Crippen LogP contribution >= 0.6 is 50.5 Å². The number of ether oxygens (including phenoxy) is 1. The minimum atomic E-state index is -0.542. The first-order valence-corrected chi connectivity index (χ1v) is 10.0. The number of rotatable bonds is 4. The van der Waals surface area contributed by atoms with Crippen LogP contribution in [0.5, 0.6) is 11.5 Å². The molecule has 4 heterocycles. The number of imidazole rings is 1. The molecular weight excluding hydrogens is 465 g/mol. The molecule has 0 atom stereocenters. The van der Waals surface area contributed by atoms with Gasteiger partial charge in [0.05, 0.1) is 33.9 Å². The van der Waals surface area contributed by atoms with Crippen LogP contribution in [0.4, 0.5) is 10.2 Å². The van der Waals surface area contributed by atoms with Gasteiger partial charge in [-0.3, -0.25) is 9.78 Å². The molecular formula is C18H12FN5O2S4. The van der Waals surface area contributed by atoms with Crippen LogP contribution in [0.15, 0.2) is 62.8 Å². The maximum Gasteiger partial charge on any atom is 0.260 e. The minimum Gasteiger partial charge on any atom is -0.454 e. The molecule has 0 fully saturated rings. The number of amides is 1.